The van der Waals surface area contributed by atoms with Crippen molar-refractivity contribution in [2.45, 2.75) is 19.6 Å². The molecule has 0 radical (unpaired) electrons. The van der Waals surface area contributed by atoms with Crippen LogP contribution in [-0.2, 0) is 20.9 Å². The molecule has 0 spiro atoms. The fraction of sp³-hybridized carbons (Fsp3) is 0.360. The number of carbonyl (C=O) groups is 3. The highest BCUT2D eigenvalue weighted by atomic mass is 19.1. The van der Waals surface area contributed by atoms with Gasteiger partial charge in [0.1, 0.15) is 11.9 Å². The van der Waals surface area contributed by atoms with Crippen LogP contribution in [-0.4, -0.2) is 73.1 Å². The molecule has 0 bridgehead atoms. The molecule has 0 aliphatic carbocycles. The van der Waals surface area contributed by atoms with E-state index >= 15 is 0 Å². The molecule has 9 nitrogen and oxygen atoms in total. The summed E-state index contributed by atoms with van der Waals surface area (Å²) in [5, 5.41) is 11.4. The number of piperazine rings is 1. The van der Waals surface area contributed by atoms with Crippen molar-refractivity contribution in [2.24, 2.45) is 0 Å². The van der Waals surface area contributed by atoms with Gasteiger partial charge in [0.2, 0.25) is 11.8 Å². The van der Waals surface area contributed by atoms with Crippen molar-refractivity contribution in [1.82, 2.24) is 15.1 Å². The molecule has 2 aromatic rings. The molecule has 2 aliphatic heterocycles. The minimum absolute atomic E-state index is 0.0167. The highest BCUT2D eigenvalue weighted by Gasteiger charge is 2.32. The number of nitrogens with zero attached hydrogens (tertiary/aromatic N) is 4. The Morgan fingerprint density at radius 2 is 1.97 bits per heavy atom. The molecule has 2 aromatic carbocycles. The minimum atomic E-state index is -0.583. The summed E-state index contributed by atoms with van der Waals surface area (Å²) < 4.78 is 20.2. The molecule has 10 heteroatoms. The molecular weight excluding hydrogens is 453 g/mol. The van der Waals surface area contributed by atoms with Crippen LogP contribution < -0.4 is 10.2 Å². The van der Waals surface area contributed by atoms with Gasteiger partial charge >= 0.3 is 6.09 Å². The average Bonchev–Trinajstić information content (AvgIpc) is 3.21. The number of carbonyl (C=O) groups excluding carboxylic acids is 3. The van der Waals surface area contributed by atoms with Gasteiger partial charge in [-0.15, -0.1) is 0 Å². The van der Waals surface area contributed by atoms with Gasteiger partial charge in [0, 0.05) is 32.1 Å². The Kier molecular flexibility index (Phi) is 7.27. The van der Waals surface area contributed by atoms with Gasteiger partial charge in [-0.25, -0.2) is 9.18 Å². The van der Waals surface area contributed by atoms with Crippen molar-refractivity contribution in [3.8, 4) is 17.2 Å². The molecule has 2 aliphatic rings. The number of cyclic esters (lactones) is 1. The molecule has 3 amide bonds. The summed E-state index contributed by atoms with van der Waals surface area (Å²) in [4.78, 5) is 40.5. The number of hydrogen-bond donors (Lipinski definition) is 1. The van der Waals surface area contributed by atoms with E-state index in [1.807, 2.05) is 17.0 Å². The van der Waals surface area contributed by atoms with Crippen molar-refractivity contribution < 1.29 is 23.5 Å². The number of amides is 3. The topological polar surface area (TPSA) is 106 Å². The molecule has 0 aromatic heterocycles. The summed E-state index contributed by atoms with van der Waals surface area (Å²) in [5.74, 6) is -0.709. The first-order chi connectivity index (χ1) is 16.8. The van der Waals surface area contributed by atoms with Crippen LogP contribution in [0.4, 0.5) is 14.9 Å². The molecule has 2 fully saturated rings. The van der Waals surface area contributed by atoms with Crippen LogP contribution in [0, 0.1) is 17.1 Å². The smallest absolute Gasteiger partial charge is 0.414 e. The van der Waals surface area contributed by atoms with Crippen LogP contribution in [0.1, 0.15) is 12.5 Å². The highest BCUT2D eigenvalue weighted by Crippen LogP contribution is 2.29. The Balaban J connectivity index is 1.39. The van der Waals surface area contributed by atoms with Gasteiger partial charge in [-0.2, -0.15) is 5.26 Å². The summed E-state index contributed by atoms with van der Waals surface area (Å²) in [6.45, 7) is 3.96. The zero-order valence-corrected chi connectivity index (χ0v) is 19.4. The van der Waals surface area contributed by atoms with E-state index in [2.05, 4.69) is 11.4 Å². The first kappa shape index (κ1) is 24.2. The largest absolute Gasteiger partial charge is 0.442 e. The number of ether oxygens (including phenoxy) is 1. The molecule has 0 saturated carbocycles. The number of nitrogens with one attached hydrogen (secondary N) is 1. The Bertz CT molecular complexity index is 1160. The lowest BCUT2D eigenvalue weighted by Crippen LogP contribution is -2.49. The molecular formula is C25H26FN5O4. The van der Waals surface area contributed by atoms with E-state index in [0.29, 0.717) is 36.4 Å². The standard InChI is InChI=1S/C25H26FN5O4/c1-17(32)28-13-21-15-31(25(34)35-21)20-6-7-22(23(26)12-20)19-4-2-18(3-5-19)14-30-11-10-29(9-8-27)16-24(30)33/h2-7,12,21H,9-11,13-16H2,1H3,(H,28,32). The Hall–Kier alpha value is -3.97. The maximum atomic E-state index is 15.0. The molecule has 35 heavy (non-hydrogen) atoms. The second kappa shape index (κ2) is 10.5. The summed E-state index contributed by atoms with van der Waals surface area (Å²) in [5.41, 5.74) is 2.38. The SMILES string of the molecule is CC(=O)NCC1CN(c2ccc(-c3ccc(CN4CCN(CC#N)CC4=O)cc3)c(F)c2)C(=O)O1. The van der Waals surface area contributed by atoms with Crippen LogP contribution in [0.5, 0.6) is 0 Å². The number of rotatable bonds is 7. The van der Waals surface area contributed by atoms with Gasteiger partial charge in [-0.05, 0) is 29.3 Å². The second-order valence-electron chi connectivity index (χ2n) is 8.60. The number of benzene rings is 2. The summed E-state index contributed by atoms with van der Waals surface area (Å²) in [7, 11) is 0. The first-order valence-electron chi connectivity index (χ1n) is 11.3. The maximum absolute atomic E-state index is 15.0. The number of nitriles is 1. The molecule has 4 rings (SSSR count). The molecule has 2 saturated heterocycles. The number of anilines is 1. The van der Waals surface area contributed by atoms with Gasteiger partial charge in [-0.3, -0.25) is 19.4 Å². The van der Waals surface area contributed by atoms with Crippen LogP contribution in [0.15, 0.2) is 42.5 Å². The van der Waals surface area contributed by atoms with E-state index in [1.165, 1.54) is 17.9 Å². The highest BCUT2D eigenvalue weighted by molar-refractivity contribution is 5.90. The van der Waals surface area contributed by atoms with Crippen molar-refractivity contribution in [1.29, 1.82) is 5.26 Å². The number of hydrogen-bond acceptors (Lipinski definition) is 6. The lowest BCUT2D eigenvalue weighted by molar-refractivity contribution is -0.136. The Morgan fingerprint density at radius 1 is 1.20 bits per heavy atom. The van der Waals surface area contributed by atoms with E-state index in [0.717, 1.165) is 5.56 Å². The van der Waals surface area contributed by atoms with Crippen LogP contribution in [0.25, 0.3) is 11.1 Å². The molecule has 182 valence electrons. The van der Waals surface area contributed by atoms with E-state index in [4.69, 9.17) is 10.00 Å². The Labute approximate surface area is 202 Å². The van der Waals surface area contributed by atoms with Crippen LogP contribution in [0.2, 0.25) is 0 Å². The van der Waals surface area contributed by atoms with Crippen LogP contribution >= 0.6 is 0 Å². The number of halogens is 1. The van der Waals surface area contributed by atoms with Crippen molar-refractivity contribution in [3.63, 3.8) is 0 Å². The van der Waals surface area contributed by atoms with Crippen LogP contribution in [0.3, 0.4) is 0 Å². The lowest BCUT2D eigenvalue weighted by atomic mass is 10.0. The summed E-state index contributed by atoms with van der Waals surface area (Å²) in [6, 6.07) is 14.0. The van der Waals surface area contributed by atoms with Gasteiger partial charge in [-0.1, -0.05) is 24.3 Å². The van der Waals surface area contributed by atoms with Crippen molar-refractivity contribution in [2.75, 3.05) is 44.2 Å². The van der Waals surface area contributed by atoms with Crippen molar-refractivity contribution >= 4 is 23.6 Å². The molecule has 2 heterocycles. The average molecular weight is 480 g/mol. The molecule has 1 atom stereocenters. The molecule has 1 N–H and O–H groups in total. The predicted octanol–water partition coefficient (Wildman–Crippen LogP) is 2.12. The fourth-order valence-corrected chi connectivity index (χ4v) is 4.17. The van der Waals surface area contributed by atoms with Gasteiger partial charge in [0.25, 0.3) is 0 Å². The van der Waals surface area contributed by atoms with Gasteiger partial charge < -0.3 is 15.0 Å². The third-order valence-corrected chi connectivity index (χ3v) is 6.05. The Morgan fingerprint density at radius 3 is 2.63 bits per heavy atom. The third kappa shape index (κ3) is 5.75. The van der Waals surface area contributed by atoms with E-state index in [-0.39, 0.29) is 38.0 Å². The quantitative estimate of drug-likeness (QED) is 0.610. The molecule has 1 unspecified atom stereocenters. The zero-order chi connectivity index (χ0) is 24.9. The third-order valence-electron chi connectivity index (χ3n) is 6.05. The predicted molar refractivity (Wildman–Crippen MR) is 126 cm³/mol. The zero-order valence-electron chi connectivity index (χ0n) is 19.4. The van der Waals surface area contributed by atoms with E-state index in [9.17, 15) is 18.8 Å². The monoisotopic (exact) mass is 479 g/mol. The van der Waals surface area contributed by atoms with Gasteiger partial charge in [0.05, 0.1) is 37.9 Å². The van der Waals surface area contributed by atoms with Crippen molar-refractivity contribution in [3.05, 3.63) is 53.8 Å². The lowest BCUT2D eigenvalue weighted by Gasteiger charge is -2.33. The maximum Gasteiger partial charge on any atom is 0.414 e. The van der Waals surface area contributed by atoms with Gasteiger partial charge in [0.15, 0.2) is 0 Å². The van der Waals surface area contributed by atoms with E-state index in [1.54, 1.807) is 29.2 Å². The first-order valence-corrected chi connectivity index (χ1v) is 11.3. The minimum Gasteiger partial charge on any atom is -0.442 e. The summed E-state index contributed by atoms with van der Waals surface area (Å²) in [6.07, 6.45) is -1.08. The second-order valence-corrected chi connectivity index (χ2v) is 8.60. The van der Waals surface area contributed by atoms with E-state index < -0.39 is 18.0 Å². The normalized spacial score (nSPS) is 18.4. The fourth-order valence-electron chi connectivity index (χ4n) is 4.17. The summed E-state index contributed by atoms with van der Waals surface area (Å²) >= 11 is 0.